The van der Waals surface area contributed by atoms with Crippen LogP contribution in [0.15, 0.2) is 113 Å². The summed E-state index contributed by atoms with van der Waals surface area (Å²) in [4.78, 5) is 28.3. The van der Waals surface area contributed by atoms with Crippen LogP contribution < -0.4 is 0 Å². The first-order valence-corrected chi connectivity index (χ1v) is 15.8. The summed E-state index contributed by atoms with van der Waals surface area (Å²) in [6, 6.07) is 27.0. The first-order valence-electron chi connectivity index (χ1n) is 14.3. The normalized spacial score (nSPS) is 17.2. The molecule has 45 heavy (non-hydrogen) atoms. The molecule has 0 atom stereocenters. The minimum absolute atomic E-state index is 0.0174. The Bertz CT molecular complexity index is 1970. The van der Waals surface area contributed by atoms with Gasteiger partial charge in [0.15, 0.2) is 0 Å². The van der Waals surface area contributed by atoms with E-state index < -0.39 is 21.8 Å². The summed E-state index contributed by atoms with van der Waals surface area (Å²) >= 11 is 0. The number of morpholine rings is 1. The number of carbonyl (C=O) groups excluding carboxylic acids is 2. The number of amides is 2. The number of rotatable bonds is 7. The summed E-state index contributed by atoms with van der Waals surface area (Å²) in [5, 5.41) is 14.7. The molecule has 10 nitrogen and oxygen atoms in total. The van der Waals surface area contributed by atoms with Gasteiger partial charge in [-0.3, -0.25) is 14.5 Å². The van der Waals surface area contributed by atoms with Gasteiger partial charge in [-0.2, -0.15) is 14.7 Å². The minimum atomic E-state index is -3.70. The van der Waals surface area contributed by atoms with Crippen molar-refractivity contribution in [2.75, 3.05) is 26.3 Å². The molecule has 0 saturated carbocycles. The molecule has 4 aromatic rings. The molecule has 0 radical (unpaired) electrons. The highest BCUT2D eigenvalue weighted by atomic mass is 32.2. The van der Waals surface area contributed by atoms with E-state index in [1.807, 2.05) is 66.7 Å². The number of nitriles is 1. The molecule has 2 amide bonds. The van der Waals surface area contributed by atoms with Gasteiger partial charge in [0, 0.05) is 36.0 Å². The summed E-state index contributed by atoms with van der Waals surface area (Å²) in [6.07, 6.45) is 3.40. The van der Waals surface area contributed by atoms with Crippen LogP contribution in [0, 0.1) is 11.3 Å². The second-order valence-electron chi connectivity index (χ2n) is 10.6. The third-order valence-corrected chi connectivity index (χ3v) is 9.72. The lowest BCUT2D eigenvalue weighted by atomic mass is 9.93. The molecule has 0 N–H and O–H groups in total. The summed E-state index contributed by atoms with van der Waals surface area (Å²) in [6.45, 7) is 2.88. The van der Waals surface area contributed by atoms with Crippen molar-refractivity contribution in [3.8, 4) is 23.0 Å². The fourth-order valence-electron chi connectivity index (χ4n) is 5.35. The van der Waals surface area contributed by atoms with Gasteiger partial charge in [0.2, 0.25) is 10.0 Å². The molecule has 2 aliphatic rings. The highest BCUT2D eigenvalue weighted by Gasteiger charge is 2.36. The van der Waals surface area contributed by atoms with Crippen molar-refractivity contribution >= 4 is 27.9 Å². The number of carbonyl (C=O) groups is 2. The average Bonchev–Trinajstić information content (AvgIpc) is 3.50. The fourth-order valence-corrected chi connectivity index (χ4v) is 6.75. The van der Waals surface area contributed by atoms with Crippen molar-refractivity contribution in [2.24, 2.45) is 0 Å². The third kappa shape index (κ3) is 5.86. The number of sulfonamides is 1. The smallest absolute Gasteiger partial charge is 0.271 e. The van der Waals surface area contributed by atoms with E-state index in [-0.39, 0.29) is 28.2 Å². The van der Waals surface area contributed by atoms with E-state index in [1.54, 1.807) is 48.1 Å². The van der Waals surface area contributed by atoms with Crippen LogP contribution in [0.1, 0.15) is 18.1 Å². The Kier molecular flexibility index (Phi) is 8.28. The van der Waals surface area contributed by atoms with Crippen LogP contribution in [0.4, 0.5) is 0 Å². The van der Waals surface area contributed by atoms with Crippen LogP contribution in [0.2, 0.25) is 0 Å². The molecule has 0 unspecified atom stereocenters. The van der Waals surface area contributed by atoms with Crippen molar-refractivity contribution in [3.63, 3.8) is 0 Å². The lowest BCUT2D eigenvalue weighted by molar-refractivity contribution is -0.141. The Balaban J connectivity index is 1.43. The maximum Gasteiger partial charge on any atom is 0.271 e. The summed E-state index contributed by atoms with van der Waals surface area (Å²) < 4.78 is 34.8. The molecule has 0 aliphatic carbocycles. The second kappa shape index (κ2) is 12.5. The van der Waals surface area contributed by atoms with Crippen LogP contribution >= 0.6 is 0 Å². The number of aromatic nitrogens is 2. The first kappa shape index (κ1) is 29.9. The molecule has 3 aromatic carbocycles. The highest BCUT2D eigenvalue weighted by molar-refractivity contribution is 7.89. The molecule has 1 saturated heterocycles. The molecule has 0 spiro atoms. The van der Waals surface area contributed by atoms with E-state index in [1.165, 1.54) is 4.31 Å². The van der Waals surface area contributed by atoms with Gasteiger partial charge >= 0.3 is 0 Å². The van der Waals surface area contributed by atoms with Gasteiger partial charge in [-0.15, -0.1) is 0 Å². The summed E-state index contributed by atoms with van der Waals surface area (Å²) in [5.74, 6) is -1.16. The Labute approximate surface area is 261 Å². The van der Waals surface area contributed by atoms with E-state index >= 15 is 0 Å². The van der Waals surface area contributed by atoms with Crippen molar-refractivity contribution in [1.82, 2.24) is 19.0 Å². The van der Waals surface area contributed by atoms with E-state index in [0.29, 0.717) is 43.1 Å². The zero-order chi connectivity index (χ0) is 31.6. The zero-order valence-corrected chi connectivity index (χ0v) is 25.3. The van der Waals surface area contributed by atoms with Crippen molar-refractivity contribution < 1.29 is 22.7 Å². The summed E-state index contributed by atoms with van der Waals surface area (Å²) in [7, 11) is -3.70. The Morgan fingerprint density at radius 1 is 0.911 bits per heavy atom. The number of hydrogen-bond acceptors (Lipinski definition) is 7. The lowest BCUT2D eigenvalue weighted by Gasteiger charge is -2.27. The number of nitrogens with zero attached hydrogens (tertiary/aromatic N) is 5. The largest absolute Gasteiger partial charge is 0.379 e. The third-order valence-electron chi connectivity index (χ3n) is 7.81. The van der Waals surface area contributed by atoms with Crippen molar-refractivity contribution in [1.29, 1.82) is 5.26 Å². The number of hydrogen-bond donors (Lipinski definition) is 0. The summed E-state index contributed by atoms with van der Waals surface area (Å²) in [5.41, 5.74) is 3.57. The van der Waals surface area contributed by atoms with Crippen molar-refractivity contribution in [3.05, 3.63) is 119 Å². The zero-order valence-electron chi connectivity index (χ0n) is 24.5. The van der Waals surface area contributed by atoms with Gasteiger partial charge < -0.3 is 4.74 Å². The quantitative estimate of drug-likeness (QED) is 0.222. The van der Waals surface area contributed by atoms with Gasteiger partial charge in [0.05, 0.1) is 36.0 Å². The molecule has 1 aromatic heterocycles. The number of para-hydroxylation sites is 1. The predicted octanol–water partition coefficient (Wildman–Crippen LogP) is 4.35. The molecule has 11 heteroatoms. The molecular formula is C34H29N5O5S. The van der Waals surface area contributed by atoms with Crippen LogP contribution in [0.5, 0.6) is 0 Å². The maximum absolute atomic E-state index is 13.8. The van der Waals surface area contributed by atoms with E-state index in [9.17, 15) is 23.3 Å². The van der Waals surface area contributed by atoms with E-state index in [0.717, 1.165) is 16.2 Å². The predicted molar refractivity (Wildman–Crippen MR) is 167 cm³/mol. The molecule has 6 rings (SSSR count). The molecule has 226 valence electrons. The van der Waals surface area contributed by atoms with Crippen LogP contribution in [0.25, 0.3) is 23.0 Å². The van der Waals surface area contributed by atoms with Crippen LogP contribution in [0.3, 0.4) is 0 Å². The van der Waals surface area contributed by atoms with Crippen LogP contribution in [-0.4, -0.2) is 65.5 Å². The van der Waals surface area contributed by atoms with Crippen LogP contribution in [-0.2, 0) is 30.9 Å². The number of imide groups is 1. The highest BCUT2D eigenvalue weighted by Crippen LogP contribution is 2.32. The SMILES string of the molecule is CC1=C(C#N)C(=O)N(Cc2ccccc2)C(=O)/C1=C/c1cn(-c2ccccc2)nc1-c1ccc(S(=O)(=O)N2CCOCC2)cc1. The molecule has 1 fully saturated rings. The Morgan fingerprint density at radius 3 is 2.20 bits per heavy atom. The van der Waals surface area contributed by atoms with E-state index in [4.69, 9.17) is 9.84 Å². The second-order valence-corrected chi connectivity index (χ2v) is 12.5. The Hall–Kier alpha value is -5.15. The minimum Gasteiger partial charge on any atom is -0.379 e. The monoisotopic (exact) mass is 619 g/mol. The Morgan fingerprint density at radius 2 is 1.56 bits per heavy atom. The molecule has 3 heterocycles. The topological polar surface area (TPSA) is 126 Å². The van der Waals surface area contributed by atoms with Gasteiger partial charge in [-0.05, 0) is 48.4 Å². The van der Waals surface area contributed by atoms with Crippen molar-refractivity contribution in [2.45, 2.75) is 18.4 Å². The van der Waals surface area contributed by atoms with E-state index in [2.05, 4.69) is 0 Å². The van der Waals surface area contributed by atoms with Gasteiger partial charge in [0.25, 0.3) is 11.8 Å². The van der Waals surface area contributed by atoms with Gasteiger partial charge in [-0.1, -0.05) is 60.7 Å². The fraction of sp³-hybridized carbons (Fsp3) is 0.176. The maximum atomic E-state index is 13.8. The molecule has 2 aliphatic heterocycles. The molecule has 0 bridgehead atoms. The number of benzene rings is 3. The van der Waals surface area contributed by atoms with Gasteiger partial charge in [-0.25, -0.2) is 13.1 Å². The first-order chi connectivity index (χ1) is 21.8. The van der Waals surface area contributed by atoms with Gasteiger partial charge in [0.1, 0.15) is 11.6 Å². The molecular weight excluding hydrogens is 590 g/mol. The lowest BCUT2D eigenvalue weighted by Crippen LogP contribution is -2.42. The average molecular weight is 620 g/mol. The standard InChI is InChI=1S/C34H29N5O5S/c1-24-30(33(40)38(34(41)31(24)21-35)22-25-8-4-2-5-9-25)20-27-23-39(28-10-6-3-7-11-28)36-32(27)26-12-14-29(15-13-26)45(42,43)37-16-18-44-19-17-37/h2-15,20,23H,16-19,22H2,1H3/b30-20+. The number of ether oxygens (including phenoxy) is 1.